The van der Waals surface area contributed by atoms with Crippen molar-refractivity contribution in [3.05, 3.63) is 48.0 Å². The van der Waals surface area contributed by atoms with E-state index >= 15 is 0 Å². The lowest BCUT2D eigenvalue weighted by Gasteiger charge is -1.99. The van der Waals surface area contributed by atoms with Crippen molar-refractivity contribution in [3.63, 3.8) is 0 Å². The van der Waals surface area contributed by atoms with Crippen LogP contribution in [0.25, 0.3) is 0 Å². The number of benzene rings is 1. The highest BCUT2D eigenvalue weighted by molar-refractivity contribution is 5.86. The number of esters is 1. The Morgan fingerprint density at radius 1 is 1.32 bits per heavy atom. The third-order valence-electron chi connectivity index (χ3n) is 2.66. The minimum atomic E-state index is -0.337. The molecule has 4 heteroatoms. The molecule has 1 aromatic carbocycles. The van der Waals surface area contributed by atoms with Crippen LogP contribution in [0.3, 0.4) is 0 Å². The van der Waals surface area contributed by atoms with Gasteiger partial charge in [0.25, 0.3) is 0 Å². The predicted molar refractivity (Wildman–Crippen MR) is 70.6 cm³/mol. The number of hydrogen-bond acceptors (Lipinski definition) is 4. The van der Waals surface area contributed by atoms with Crippen LogP contribution in [0.1, 0.15) is 18.6 Å². The molecule has 2 atom stereocenters. The average Bonchev–Trinajstić information content (AvgIpc) is 3.31. The number of ether oxygens (including phenoxy) is 3. The molecule has 3 rings (SSSR count). The molecular formula is C15H18O4. The average molecular weight is 262 g/mol. The van der Waals surface area contributed by atoms with Crippen molar-refractivity contribution in [1.82, 2.24) is 0 Å². The highest BCUT2D eigenvalue weighted by atomic mass is 16.6. The van der Waals surface area contributed by atoms with E-state index in [9.17, 15) is 4.79 Å². The van der Waals surface area contributed by atoms with Crippen molar-refractivity contribution < 1.29 is 19.0 Å². The van der Waals surface area contributed by atoms with Gasteiger partial charge >= 0.3 is 5.97 Å². The third-order valence-corrected chi connectivity index (χ3v) is 2.66. The van der Waals surface area contributed by atoms with E-state index in [4.69, 9.17) is 14.2 Å². The van der Waals surface area contributed by atoms with Gasteiger partial charge in [-0.15, -0.1) is 0 Å². The van der Waals surface area contributed by atoms with E-state index in [0.29, 0.717) is 24.9 Å². The zero-order chi connectivity index (χ0) is 13.7. The third kappa shape index (κ3) is 5.24. The maximum atomic E-state index is 10.7. The van der Waals surface area contributed by atoms with Crippen molar-refractivity contribution in [3.8, 4) is 0 Å². The number of carbonyl (C=O) groups is 1. The summed E-state index contributed by atoms with van der Waals surface area (Å²) in [6, 6.07) is 10.3. The van der Waals surface area contributed by atoms with Crippen molar-refractivity contribution in [2.24, 2.45) is 0 Å². The van der Waals surface area contributed by atoms with Crippen molar-refractivity contribution in [2.75, 3.05) is 19.8 Å². The molecule has 102 valence electrons. The smallest absolute Gasteiger partial charge is 0.333 e. The van der Waals surface area contributed by atoms with E-state index < -0.39 is 0 Å². The molecule has 0 bridgehead atoms. The first-order chi connectivity index (χ1) is 9.16. The molecular weight excluding hydrogens is 244 g/mol. The summed E-state index contributed by atoms with van der Waals surface area (Å²) < 4.78 is 14.7. The summed E-state index contributed by atoms with van der Waals surface area (Å²) in [4.78, 5) is 10.7. The summed E-state index contributed by atoms with van der Waals surface area (Å²) in [5, 5.41) is 0. The minimum absolute atomic E-state index is 0.142. The lowest BCUT2D eigenvalue weighted by molar-refractivity contribution is -0.139. The second-order valence-corrected chi connectivity index (χ2v) is 4.57. The lowest BCUT2D eigenvalue weighted by atomic mass is 10.2. The SMILES string of the molecule is C=C(C)C(=O)OCC1CO1.c1ccc(C2CO2)cc1. The molecule has 4 nitrogen and oxygen atoms in total. The van der Waals surface area contributed by atoms with Gasteiger partial charge in [-0.3, -0.25) is 0 Å². The van der Waals surface area contributed by atoms with E-state index in [1.165, 1.54) is 5.56 Å². The van der Waals surface area contributed by atoms with Gasteiger partial charge in [0, 0.05) is 5.57 Å². The molecule has 0 radical (unpaired) electrons. The van der Waals surface area contributed by atoms with Gasteiger partial charge in [0.1, 0.15) is 18.8 Å². The van der Waals surface area contributed by atoms with Crippen LogP contribution in [0.5, 0.6) is 0 Å². The van der Waals surface area contributed by atoms with Gasteiger partial charge in [-0.2, -0.15) is 0 Å². The summed E-state index contributed by atoms with van der Waals surface area (Å²) in [5.41, 5.74) is 1.73. The van der Waals surface area contributed by atoms with E-state index in [1.807, 2.05) is 18.2 Å². The van der Waals surface area contributed by atoms with Gasteiger partial charge in [0.05, 0.1) is 13.2 Å². The molecule has 2 saturated heterocycles. The fourth-order valence-electron chi connectivity index (χ4n) is 1.36. The second kappa shape index (κ2) is 6.50. The summed E-state index contributed by atoms with van der Waals surface area (Å²) in [7, 11) is 0. The van der Waals surface area contributed by atoms with Crippen molar-refractivity contribution in [2.45, 2.75) is 19.1 Å². The number of hydrogen-bond donors (Lipinski definition) is 0. The zero-order valence-corrected chi connectivity index (χ0v) is 11.0. The number of carbonyl (C=O) groups excluding carboxylic acids is 1. The normalized spacial score (nSPS) is 22.8. The Labute approximate surface area is 113 Å². The molecule has 1 aromatic rings. The Balaban J connectivity index is 0.000000141. The standard InChI is InChI=1S/C8H8O.C7H10O3/c1-2-4-7(5-3-1)8-6-9-8;1-5(2)7(8)10-4-6-3-9-6/h1-5,8H,6H2;6H,1,3-4H2,2H3. The maximum absolute atomic E-state index is 10.7. The van der Waals surface area contributed by atoms with Gasteiger partial charge in [-0.25, -0.2) is 4.79 Å². The second-order valence-electron chi connectivity index (χ2n) is 4.57. The molecule has 0 saturated carbocycles. The molecule has 0 spiro atoms. The van der Waals surface area contributed by atoms with Gasteiger partial charge in [0.2, 0.25) is 0 Å². The first-order valence-electron chi connectivity index (χ1n) is 6.27. The summed E-state index contributed by atoms with van der Waals surface area (Å²) in [6.45, 7) is 7.04. The molecule has 0 amide bonds. The monoisotopic (exact) mass is 262 g/mol. The van der Waals surface area contributed by atoms with Crippen molar-refractivity contribution >= 4 is 5.97 Å². The van der Waals surface area contributed by atoms with Crippen LogP contribution < -0.4 is 0 Å². The van der Waals surface area contributed by atoms with Crippen LogP contribution in [0.4, 0.5) is 0 Å². The van der Waals surface area contributed by atoms with Gasteiger partial charge in [0.15, 0.2) is 0 Å². The van der Waals surface area contributed by atoms with E-state index in [1.54, 1.807) is 6.92 Å². The number of epoxide rings is 2. The van der Waals surface area contributed by atoms with Gasteiger partial charge < -0.3 is 14.2 Å². The van der Waals surface area contributed by atoms with Crippen LogP contribution in [0.2, 0.25) is 0 Å². The van der Waals surface area contributed by atoms with E-state index in [-0.39, 0.29) is 12.1 Å². The Bertz CT molecular complexity index is 433. The summed E-state index contributed by atoms with van der Waals surface area (Å²) in [6.07, 6.45) is 0.550. The van der Waals surface area contributed by atoms with Crippen molar-refractivity contribution in [1.29, 1.82) is 0 Å². The highest BCUT2D eigenvalue weighted by Gasteiger charge is 2.24. The fraction of sp³-hybridized carbons (Fsp3) is 0.400. The molecule has 19 heavy (non-hydrogen) atoms. The molecule has 0 aliphatic carbocycles. The molecule has 2 unspecified atom stereocenters. The fourth-order valence-corrected chi connectivity index (χ4v) is 1.36. The Hall–Kier alpha value is -1.65. The Morgan fingerprint density at radius 3 is 2.42 bits per heavy atom. The lowest BCUT2D eigenvalue weighted by Crippen LogP contribution is -2.09. The topological polar surface area (TPSA) is 51.4 Å². The van der Waals surface area contributed by atoms with E-state index in [0.717, 1.165) is 6.61 Å². The van der Waals surface area contributed by atoms with Crippen LogP contribution >= 0.6 is 0 Å². The Morgan fingerprint density at radius 2 is 1.95 bits per heavy atom. The van der Waals surface area contributed by atoms with E-state index in [2.05, 4.69) is 18.7 Å². The maximum Gasteiger partial charge on any atom is 0.333 e. The predicted octanol–water partition coefficient (Wildman–Crippen LogP) is 2.26. The molecule has 0 aromatic heterocycles. The molecule has 2 fully saturated rings. The van der Waals surface area contributed by atoms with Crippen LogP contribution in [0.15, 0.2) is 42.5 Å². The van der Waals surface area contributed by atoms with Gasteiger partial charge in [-0.05, 0) is 12.5 Å². The highest BCUT2D eigenvalue weighted by Crippen LogP contribution is 2.28. The van der Waals surface area contributed by atoms with Crippen LogP contribution in [-0.4, -0.2) is 31.9 Å². The van der Waals surface area contributed by atoms with Gasteiger partial charge in [-0.1, -0.05) is 36.9 Å². The molecule has 0 N–H and O–H groups in total. The number of rotatable bonds is 4. The largest absolute Gasteiger partial charge is 0.459 e. The van der Waals surface area contributed by atoms with Crippen LogP contribution in [-0.2, 0) is 19.0 Å². The first kappa shape index (κ1) is 13.8. The summed E-state index contributed by atoms with van der Waals surface area (Å²) in [5.74, 6) is -0.337. The quantitative estimate of drug-likeness (QED) is 0.474. The van der Waals surface area contributed by atoms with Crippen LogP contribution in [0, 0.1) is 0 Å². The Kier molecular flexibility index (Phi) is 4.71. The molecule has 2 aliphatic rings. The first-order valence-corrected chi connectivity index (χ1v) is 6.27. The minimum Gasteiger partial charge on any atom is -0.459 e. The zero-order valence-electron chi connectivity index (χ0n) is 11.0. The summed E-state index contributed by atoms with van der Waals surface area (Å²) >= 11 is 0. The molecule has 2 heterocycles. The molecule has 2 aliphatic heterocycles.